The molecule has 1 heterocycles. The Morgan fingerprint density at radius 1 is 1.43 bits per heavy atom. The highest BCUT2D eigenvalue weighted by atomic mass is 32.1. The second kappa shape index (κ2) is 3.91. The van der Waals surface area contributed by atoms with Crippen LogP contribution in [0.3, 0.4) is 0 Å². The first-order chi connectivity index (χ1) is 6.44. The van der Waals surface area contributed by atoms with Crippen LogP contribution >= 0.6 is 11.3 Å². The topological polar surface area (TPSA) is 34.1 Å². The quantitative estimate of drug-likeness (QED) is 0.576. The first-order valence-corrected chi connectivity index (χ1v) is 4.46. The molecule has 0 aromatic carbocycles. The van der Waals surface area contributed by atoms with Crippen LogP contribution in [0.5, 0.6) is 0 Å². The van der Waals surface area contributed by atoms with Gasteiger partial charge in [0.15, 0.2) is 0 Å². The Morgan fingerprint density at radius 3 is 2.50 bits per heavy atom. The van der Waals surface area contributed by atoms with E-state index in [2.05, 4.69) is 0 Å². The van der Waals surface area contributed by atoms with Crippen LogP contribution in [0.4, 0.5) is 13.2 Å². The second-order valence-corrected chi connectivity index (χ2v) is 3.56. The van der Waals surface area contributed by atoms with Crippen molar-refractivity contribution in [2.75, 3.05) is 0 Å². The van der Waals surface area contributed by atoms with Crippen molar-refractivity contribution in [2.24, 2.45) is 0 Å². The fourth-order valence-corrected chi connectivity index (χ4v) is 1.50. The summed E-state index contributed by atoms with van der Waals surface area (Å²) in [5.41, 5.74) is 0. The SMILES string of the molecule is O=C(F)C(F)(F)C(=O)Cc1cccs1. The zero-order valence-electron chi connectivity index (χ0n) is 6.80. The lowest BCUT2D eigenvalue weighted by Gasteiger charge is -2.07. The summed E-state index contributed by atoms with van der Waals surface area (Å²) in [6.45, 7) is 0. The van der Waals surface area contributed by atoms with Crippen molar-refractivity contribution in [1.29, 1.82) is 0 Å². The van der Waals surface area contributed by atoms with E-state index in [1.54, 1.807) is 11.4 Å². The molecule has 0 amide bonds. The number of Topliss-reactive ketones (excluding diaryl/α,β-unsaturated/α-hetero) is 1. The highest BCUT2D eigenvalue weighted by molar-refractivity contribution is 7.10. The molecule has 0 aliphatic carbocycles. The van der Waals surface area contributed by atoms with Crippen molar-refractivity contribution in [3.05, 3.63) is 22.4 Å². The molecule has 0 fully saturated rings. The van der Waals surface area contributed by atoms with Crippen molar-refractivity contribution in [3.63, 3.8) is 0 Å². The van der Waals surface area contributed by atoms with Gasteiger partial charge in [0.1, 0.15) is 0 Å². The molecule has 0 aliphatic heterocycles. The number of alkyl halides is 2. The first kappa shape index (κ1) is 10.9. The number of ketones is 1. The minimum absolute atomic E-state index is 0.371. The Kier molecular flexibility index (Phi) is 3.05. The van der Waals surface area contributed by atoms with E-state index in [1.165, 1.54) is 6.07 Å². The summed E-state index contributed by atoms with van der Waals surface area (Å²) in [5.74, 6) is -6.23. The van der Waals surface area contributed by atoms with Gasteiger partial charge >= 0.3 is 12.0 Å². The number of carbonyl (C=O) groups is 2. The van der Waals surface area contributed by atoms with Gasteiger partial charge in [-0.3, -0.25) is 9.59 Å². The van der Waals surface area contributed by atoms with Gasteiger partial charge in [-0.05, 0) is 11.4 Å². The number of thiophene rings is 1. The third kappa shape index (κ3) is 2.20. The largest absolute Gasteiger partial charge is 0.393 e. The second-order valence-electron chi connectivity index (χ2n) is 2.53. The number of carbonyl (C=O) groups excluding carboxylic acids is 2. The molecule has 1 rings (SSSR count). The zero-order valence-corrected chi connectivity index (χ0v) is 7.61. The van der Waals surface area contributed by atoms with Crippen LogP contribution in [-0.4, -0.2) is 17.7 Å². The molecule has 0 saturated carbocycles. The van der Waals surface area contributed by atoms with Gasteiger partial charge in [-0.2, -0.15) is 13.2 Å². The van der Waals surface area contributed by atoms with Gasteiger partial charge in [-0.1, -0.05) is 6.07 Å². The Balaban J connectivity index is 2.72. The van der Waals surface area contributed by atoms with Crippen LogP contribution in [0.2, 0.25) is 0 Å². The molecule has 1 aromatic rings. The van der Waals surface area contributed by atoms with Gasteiger partial charge in [0.25, 0.3) is 0 Å². The normalized spacial score (nSPS) is 11.4. The third-order valence-corrected chi connectivity index (χ3v) is 2.39. The minimum Gasteiger partial charge on any atom is -0.292 e. The Hall–Kier alpha value is -1.17. The molecule has 0 radical (unpaired) electrons. The van der Waals surface area contributed by atoms with E-state index >= 15 is 0 Å². The molecule has 14 heavy (non-hydrogen) atoms. The zero-order chi connectivity index (χ0) is 10.8. The smallest absolute Gasteiger partial charge is 0.292 e. The van der Waals surface area contributed by atoms with Gasteiger partial charge in [0, 0.05) is 11.3 Å². The minimum atomic E-state index is -4.51. The number of rotatable bonds is 4. The standard InChI is InChI=1S/C8H5F3O2S/c9-7(13)8(10,11)6(12)4-5-2-1-3-14-5/h1-3H,4H2. The summed E-state index contributed by atoms with van der Waals surface area (Å²) in [6, 6.07) is 0.128. The van der Waals surface area contributed by atoms with Crippen LogP contribution in [0.1, 0.15) is 4.88 Å². The van der Waals surface area contributed by atoms with Crippen molar-refractivity contribution < 1.29 is 22.8 Å². The monoisotopic (exact) mass is 222 g/mol. The molecular weight excluding hydrogens is 217 g/mol. The summed E-state index contributed by atoms with van der Waals surface area (Å²) in [6.07, 6.45) is -0.625. The average molecular weight is 222 g/mol. The summed E-state index contributed by atoms with van der Waals surface area (Å²) in [7, 11) is 0. The molecular formula is C8H5F3O2S. The fourth-order valence-electron chi connectivity index (χ4n) is 0.792. The van der Waals surface area contributed by atoms with E-state index in [1.807, 2.05) is 0 Å². The van der Waals surface area contributed by atoms with Crippen molar-refractivity contribution in [3.8, 4) is 0 Å². The van der Waals surface area contributed by atoms with Gasteiger partial charge < -0.3 is 0 Å². The van der Waals surface area contributed by atoms with Crippen LogP contribution < -0.4 is 0 Å². The number of halogens is 3. The maximum atomic E-state index is 12.5. The van der Waals surface area contributed by atoms with Crippen LogP contribution in [-0.2, 0) is 16.0 Å². The molecule has 0 N–H and O–H groups in total. The highest BCUT2D eigenvalue weighted by Gasteiger charge is 2.47. The Bertz CT molecular complexity index is 345. The third-order valence-electron chi connectivity index (χ3n) is 1.51. The first-order valence-electron chi connectivity index (χ1n) is 3.58. The lowest BCUT2D eigenvalue weighted by molar-refractivity contribution is -0.164. The van der Waals surface area contributed by atoms with Gasteiger partial charge in [0.05, 0.1) is 0 Å². The predicted molar refractivity (Wildman–Crippen MR) is 44.1 cm³/mol. The fraction of sp³-hybridized carbons (Fsp3) is 0.250. The van der Waals surface area contributed by atoms with Gasteiger partial charge in [-0.25, -0.2) is 0 Å². The summed E-state index contributed by atoms with van der Waals surface area (Å²) in [4.78, 5) is 20.9. The molecule has 0 saturated heterocycles. The molecule has 1 aromatic heterocycles. The van der Waals surface area contributed by atoms with Crippen molar-refractivity contribution in [1.82, 2.24) is 0 Å². The van der Waals surface area contributed by atoms with Crippen molar-refractivity contribution >= 4 is 23.2 Å². The van der Waals surface area contributed by atoms with Crippen LogP contribution in [0.25, 0.3) is 0 Å². The van der Waals surface area contributed by atoms with E-state index in [9.17, 15) is 22.8 Å². The van der Waals surface area contributed by atoms with Crippen LogP contribution in [0.15, 0.2) is 17.5 Å². The molecule has 0 atom stereocenters. The van der Waals surface area contributed by atoms with E-state index in [-0.39, 0.29) is 0 Å². The summed E-state index contributed by atoms with van der Waals surface area (Å²) < 4.78 is 36.7. The van der Waals surface area contributed by atoms with Gasteiger partial charge in [-0.15, -0.1) is 11.3 Å². The Morgan fingerprint density at radius 2 is 2.07 bits per heavy atom. The predicted octanol–water partition coefficient (Wildman–Crippen LogP) is 1.99. The number of hydrogen-bond acceptors (Lipinski definition) is 3. The lowest BCUT2D eigenvalue weighted by Crippen LogP contribution is -2.36. The summed E-state index contributed by atoms with van der Waals surface area (Å²) in [5, 5.41) is 1.60. The Labute approximate surface area is 81.4 Å². The van der Waals surface area contributed by atoms with Gasteiger partial charge in [0.2, 0.25) is 5.78 Å². The van der Waals surface area contributed by atoms with Crippen molar-refractivity contribution in [2.45, 2.75) is 12.3 Å². The molecule has 76 valence electrons. The van der Waals surface area contributed by atoms with E-state index < -0.39 is 24.2 Å². The molecule has 0 unspecified atom stereocenters. The molecule has 6 heteroatoms. The highest BCUT2D eigenvalue weighted by Crippen LogP contribution is 2.21. The molecule has 0 spiro atoms. The molecule has 2 nitrogen and oxygen atoms in total. The van der Waals surface area contributed by atoms with E-state index in [0.29, 0.717) is 4.88 Å². The summed E-state index contributed by atoms with van der Waals surface area (Å²) >= 11 is 1.09. The molecule has 0 aliphatic rings. The lowest BCUT2D eigenvalue weighted by atomic mass is 10.1. The van der Waals surface area contributed by atoms with Crippen LogP contribution in [0, 0.1) is 0 Å². The van der Waals surface area contributed by atoms with E-state index in [0.717, 1.165) is 11.3 Å². The molecule has 0 bridgehead atoms. The average Bonchev–Trinajstić information content (AvgIpc) is 2.56. The maximum absolute atomic E-state index is 12.5. The maximum Gasteiger partial charge on any atom is 0.393 e. The number of hydrogen-bond donors (Lipinski definition) is 0. The van der Waals surface area contributed by atoms with E-state index in [4.69, 9.17) is 0 Å².